The second-order valence-electron chi connectivity index (χ2n) is 7.24. The van der Waals surface area contributed by atoms with Crippen LogP contribution in [0.5, 0.6) is 0 Å². The summed E-state index contributed by atoms with van der Waals surface area (Å²) in [6.07, 6.45) is 9.97. The quantitative estimate of drug-likeness (QED) is 0.698. The van der Waals surface area contributed by atoms with E-state index in [1.54, 1.807) is 11.8 Å². The molecule has 1 aromatic heterocycles. The molecule has 1 amide bonds. The van der Waals surface area contributed by atoms with Gasteiger partial charge in [0, 0.05) is 17.9 Å². The molecular formula is C19H28N4OS. The number of fused-ring (bicyclic) bond motifs is 2. The predicted octanol–water partition coefficient (Wildman–Crippen LogP) is 2.96. The fourth-order valence-corrected chi connectivity index (χ4v) is 4.41. The van der Waals surface area contributed by atoms with Crippen molar-refractivity contribution in [2.24, 2.45) is 17.8 Å². The van der Waals surface area contributed by atoms with Gasteiger partial charge in [0.1, 0.15) is 6.04 Å². The van der Waals surface area contributed by atoms with Crippen LogP contribution in [0.3, 0.4) is 0 Å². The van der Waals surface area contributed by atoms with E-state index in [1.807, 2.05) is 19.9 Å². The van der Waals surface area contributed by atoms with Gasteiger partial charge < -0.3 is 10.6 Å². The van der Waals surface area contributed by atoms with Crippen LogP contribution in [0, 0.1) is 31.6 Å². The summed E-state index contributed by atoms with van der Waals surface area (Å²) in [6.45, 7) is 4.66. The number of aromatic nitrogens is 2. The topological polar surface area (TPSA) is 66.9 Å². The van der Waals surface area contributed by atoms with Gasteiger partial charge in [0.25, 0.3) is 0 Å². The van der Waals surface area contributed by atoms with Gasteiger partial charge in [0.15, 0.2) is 0 Å². The number of amides is 1. The minimum atomic E-state index is -0.289. The van der Waals surface area contributed by atoms with Crippen LogP contribution in [0.25, 0.3) is 0 Å². The third-order valence-corrected chi connectivity index (χ3v) is 5.81. The summed E-state index contributed by atoms with van der Waals surface area (Å²) in [5, 5.41) is 6.41. The SMILES string of the molecule is CSCC[C@@H](Nc1nc(C)cc(C)n1)C(=O)NC[C@H]1C[C@H]2C=C[C@H]1C2. The number of aryl methyl sites for hydroxylation is 2. The molecule has 136 valence electrons. The van der Waals surface area contributed by atoms with E-state index in [0.29, 0.717) is 17.8 Å². The first kappa shape index (κ1) is 18.2. The molecule has 1 saturated carbocycles. The summed E-state index contributed by atoms with van der Waals surface area (Å²) in [7, 11) is 0. The summed E-state index contributed by atoms with van der Waals surface area (Å²) < 4.78 is 0. The number of nitrogens with one attached hydrogen (secondary N) is 2. The van der Waals surface area contributed by atoms with E-state index in [4.69, 9.17) is 0 Å². The summed E-state index contributed by atoms with van der Waals surface area (Å²) in [5.74, 6) is 3.52. The lowest BCUT2D eigenvalue weighted by Crippen LogP contribution is -2.42. The van der Waals surface area contributed by atoms with Gasteiger partial charge >= 0.3 is 0 Å². The van der Waals surface area contributed by atoms with Gasteiger partial charge in [0.05, 0.1) is 0 Å². The molecule has 0 radical (unpaired) electrons. The van der Waals surface area contributed by atoms with Gasteiger partial charge in [-0.1, -0.05) is 12.2 Å². The zero-order valence-corrected chi connectivity index (χ0v) is 16.1. The lowest BCUT2D eigenvalue weighted by atomic mass is 9.93. The molecule has 1 heterocycles. The monoisotopic (exact) mass is 360 g/mol. The van der Waals surface area contributed by atoms with Crippen molar-refractivity contribution in [2.45, 2.75) is 39.2 Å². The lowest BCUT2D eigenvalue weighted by molar-refractivity contribution is -0.122. The van der Waals surface area contributed by atoms with Crippen LogP contribution < -0.4 is 10.6 Å². The predicted molar refractivity (Wildman–Crippen MR) is 104 cm³/mol. The normalized spacial score (nSPS) is 25.2. The van der Waals surface area contributed by atoms with Crippen molar-refractivity contribution < 1.29 is 4.79 Å². The van der Waals surface area contributed by atoms with Crippen LogP contribution in [-0.2, 0) is 4.79 Å². The van der Waals surface area contributed by atoms with Crippen molar-refractivity contribution in [2.75, 3.05) is 23.9 Å². The summed E-state index contributed by atoms with van der Waals surface area (Å²) in [5.41, 5.74) is 1.82. The van der Waals surface area contributed by atoms with Crippen molar-refractivity contribution in [1.82, 2.24) is 15.3 Å². The molecule has 6 heteroatoms. The molecule has 4 atom stereocenters. The highest BCUT2D eigenvalue weighted by Gasteiger charge is 2.35. The summed E-state index contributed by atoms with van der Waals surface area (Å²) in [4.78, 5) is 21.6. The average Bonchev–Trinajstić information content (AvgIpc) is 3.18. The Balaban J connectivity index is 1.58. The molecule has 0 unspecified atom stereocenters. The molecule has 2 aliphatic rings. The first-order chi connectivity index (χ1) is 12.0. The smallest absolute Gasteiger partial charge is 0.242 e. The van der Waals surface area contributed by atoms with E-state index in [9.17, 15) is 4.79 Å². The third-order valence-electron chi connectivity index (χ3n) is 5.17. The van der Waals surface area contributed by atoms with Crippen LogP contribution in [-0.4, -0.2) is 40.5 Å². The molecule has 1 fully saturated rings. The number of carbonyl (C=O) groups is 1. The molecule has 2 N–H and O–H groups in total. The number of anilines is 1. The third kappa shape index (κ3) is 4.75. The Morgan fingerprint density at radius 3 is 2.64 bits per heavy atom. The maximum atomic E-state index is 12.7. The van der Waals surface area contributed by atoms with Crippen molar-refractivity contribution >= 4 is 23.6 Å². The van der Waals surface area contributed by atoms with E-state index in [0.717, 1.165) is 36.0 Å². The molecule has 25 heavy (non-hydrogen) atoms. The van der Waals surface area contributed by atoms with E-state index in [2.05, 4.69) is 39.0 Å². The zero-order valence-electron chi connectivity index (χ0n) is 15.3. The number of nitrogens with zero attached hydrogens (tertiary/aromatic N) is 2. The summed E-state index contributed by atoms with van der Waals surface area (Å²) >= 11 is 1.75. The van der Waals surface area contributed by atoms with Crippen LogP contribution in [0.1, 0.15) is 30.7 Å². The maximum Gasteiger partial charge on any atom is 0.242 e. The number of thioether (sulfide) groups is 1. The van der Waals surface area contributed by atoms with Gasteiger partial charge in [0.2, 0.25) is 11.9 Å². The molecular weight excluding hydrogens is 332 g/mol. The number of hydrogen-bond acceptors (Lipinski definition) is 5. The Bertz CT molecular complexity index is 628. The second kappa shape index (κ2) is 8.21. The van der Waals surface area contributed by atoms with Gasteiger partial charge in [-0.3, -0.25) is 4.79 Å². The number of hydrogen-bond donors (Lipinski definition) is 2. The molecule has 0 spiro atoms. The van der Waals surface area contributed by atoms with Crippen molar-refractivity contribution in [3.63, 3.8) is 0 Å². The van der Waals surface area contributed by atoms with Crippen LogP contribution in [0.15, 0.2) is 18.2 Å². The van der Waals surface area contributed by atoms with Crippen LogP contribution in [0.2, 0.25) is 0 Å². The minimum Gasteiger partial charge on any atom is -0.354 e. The Morgan fingerprint density at radius 1 is 1.28 bits per heavy atom. The first-order valence-electron chi connectivity index (χ1n) is 9.09. The Labute approximate surface area is 154 Å². The highest BCUT2D eigenvalue weighted by molar-refractivity contribution is 7.98. The molecule has 2 aliphatic carbocycles. The maximum absolute atomic E-state index is 12.7. The van der Waals surface area contributed by atoms with Crippen LogP contribution in [0.4, 0.5) is 5.95 Å². The average molecular weight is 361 g/mol. The first-order valence-corrected chi connectivity index (χ1v) is 10.5. The second-order valence-corrected chi connectivity index (χ2v) is 8.22. The molecule has 1 aromatic rings. The Morgan fingerprint density at radius 2 is 2.04 bits per heavy atom. The molecule has 5 nitrogen and oxygen atoms in total. The van der Waals surface area contributed by atoms with E-state index >= 15 is 0 Å². The largest absolute Gasteiger partial charge is 0.354 e. The Kier molecular flexibility index (Phi) is 5.99. The Hall–Kier alpha value is -1.56. The fourth-order valence-electron chi connectivity index (χ4n) is 3.94. The number of allylic oxidation sites excluding steroid dienone is 2. The highest BCUT2D eigenvalue weighted by Crippen LogP contribution is 2.42. The van der Waals surface area contributed by atoms with Crippen molar-refractivity contribution in [3.05, 3.63) is 29.6 Å². The number of rotatable bonds is 8. The highest BCUT2D eigenvalue weighted by atomic mass is 32.2. The molecule has 2 bridgehead atoms. The van der Waals surface area contributed by atoms with E-state index < -0.39 is 0 Å². The van der Waals surface area contributed by atoms with Crippen molar-refractivity contribution in [1.29, 1.82) is 0 Å². The number of carbonyl (C=O) groups excluding carboxylic acids is 1. The van der Waals surface area contributed by atoms with E-state index in [1.165, 1.54) is 12.8 Å². The molecule has 3 rings (SSSR count). The standard InChI is InChI=1S/C19H28N4OS/c1-12-8-13(2)22-19(21-12)23-17(6-7-25-3)18(24)20-11-16-10-14-4-5-15(16)9-14/h4-5,8,14-17H,6-7,9-11H2,1-3H3,(H,20,24)(H,21,22,23)/t14-,15-,16+,17+/m0/s1. The van der Waals surface area contributed by atoms with Crippen LogP contribution >= 0.6 is 11.8 Å². The molecule has 0 aliphatic heterocycles. The van der Waals surface area contributed by atoms with E-state index in [-0.39, 0.29) is 11.9 Å². The zero-order chi connectivity index (χ0) is 17.8. The van der Waals surface area contributed by atoms with Crippen molar-refractivity contribution in [3.8, 4) is 0 Å². The molecule has 0 saturated heterocycles. The van der Waals surface area contributed by atoms with Gasteiger partial charge in [-0.25, -0.2) is 9.97 Å². The van der Waals surface area contributed by atoms with Gasteiger partial charge in [-0.2, -0.15) is 11.8 Å². The molecule has 0 aromatic carbocycles. The summed E-state index contributed by atoms with van der Waals surface area (Å²) in [6, 6.07) is 1.65. The van der Waals surface area contributed by atoms with Gasteiger partial charge in [-0.05, 0) is 68.9 Å². The fraction of sp³-hybridized carbons (Fsp3) is 0.632. The van der Waals surface area contributed by atoms with Gasteiger partial charge in [-0.15, -0.1) is 0 Å². The minimum absolute atomic E-state index is 0.0589. The lowest BCUT2D eigenvalue weighted by Gasteiger charge is -2.22.